The van der Waals surface area contributed by atoms with Crippen molar-refractivity contribution in [3.8, 4) is 105 Å². The Morgan fingerprint density at radius 3 is 0.891 bits per heavy atom. The first-order chi connectivity index (χ1) is 69.3. The molecule has 0 atom stereocenters. The van der Waals surface area contributed by atoms with Gasteiger partial charge in [-0.2, -0.15) is 0 Å². The monoisotopic (exact) mass is 2130 g/mol. The molecular formula is C107H100F15N4NaO16S4. The van der Waals surface area contributed by atoms with Gasteiger partial charge in [0.1, 0.15) is 57.5 Å². The van der Waals surface area contributed by atoms with Crippen molar-refractivity contribution < 1.29 is 174 Å². The first-order valence-corrected chi connectivity index (χ1v) is 49.0. The number of hydrogen-bond donors (Lipinski definition) is 2. The van der Waals surface area contributed by atoms with Crippen LogP contribution in [0.4, 0.5) is 65.9 Å². The van der Waals surface area contributed by atoms with Crippen LogP contribution in [0.3, 0.4) is 0 Å². The normalized spacial score (nSPS) is 14.0. The standard InChI is InChI=1S/C26H26F3NO4S.C24H22F3NO4S.C23H22F3NO2S.C22H20F3NO2S.C12H7F3O3.Na.H2O.H2/c1-2-32-25(31)17-33-22-8-3-18-11-13-30(14-12-20(18)15-22)16-23-9-10-24(35-23)19-4-6-21(7-5-19)34-26(27,28)29;25-24(26,27)32-19-4-2-17(3-5-19)22-8-7-21(33-22)14-28-11-9-16-1-6-20(31-15-23(29)30)13-18(16)10-12-28;1-28-20-7-2-16-10-12-27(13-11-18(16)14-20)15-21-8-9-22(30-21)17-3-5-19(6-4-17)29-23(24,25)26;23-22(24,25)28-19-5-2-16(3-6-19)21-8-7-20(29-21)14-26-11-9-15-1-4-18(27)13-17(15)10-12-26;13-12(14,15)18-9-3-1-8(2-4-9)11-6-5-10(7-16)17-11;;;/h3-10,15H,2,11-14,16-17H2,1H3;1-8,13H,9-12,14-15H2,(H,29,30);2-9,14H,10-13,15H2,1H3;1-8,13,27H,9-12,14H2;1-7H;;1H2;1H/q;;;;;+1;;/p-1. The van der Waals surface area contributed by atoms with Crippen LogP contribution in [0.25, 0.3) is 53.1 Å². The fourth-order valence-electron chi connectivity index (χ4n) is 16.5. The number of alkyl halides is 15. The third kappa shape index (κ3) is 36.3. The molecule has 4 aliphatic rings. The van der Waals surface area contributed by atoms with Crippen LogP contribution in [-0.4, -0.2) is 165 Å². The van der Waals surface area contributed by atoms with Gasteiger partial charge < -0.3 is 62.7 Å². The number of halogens is 15. The topological polar surface area (TPSA) is 231 Å². The van der Waals surface area contributed by atoms with Gasteiger partial charge in [-0.05, 0) is 356 Å². The molecule has 9 aromatic carbocycles. The number of esters is 1. The van der Waals surface area contributed by atoms with E-state index in [0.717, 1.165) is 177 Å². The number of phenolic OH excluding ortho intramolecular Hbond substituents is 1. The molecule has 18 rings (SSSR count). The van der Waals surface area contributed by atoms with Crippen LogP contribution < -0.4 is 67.5 Å². The van der Waals surface area contributed by atoms with E-state index >= 15 is 0 Å². The summed E-state index contributed by atoms with van der Waals surface area (Å²) in [5.41, 5.74) is 14.2. The summed E-state index contributed by atoms with van der Waals surface area (Å²) in [6, 6.07) is 72.0. The fraction of sp³-hybridized carbons (Fsp3) is 0.280. The molecule has 0 saturated heterocycles. The Labute approximate surface area is 876 Å². The molecule has 0 unspecified atom stereocenters. The van der Waals surface area contributed by atoms with Gasteiger partial charge in [0, 0.05) is 125 Å². The van der Waals surface area contributed by atoms with E-state index in [-0.39, 0.29) is 90.2 Å². The smallest absolute Gasteiger partial charge is 0.870 e. The summed E-state index contributed by atoms with van der Waals surface area (Å²) in [6.07, 6.45) is -15.5. The zero-order chi connectivity index (χ0) is 103. The Bertz CT molecular complexity index is 6600. The predicted molar refractivity (Wildman–Crippen MR) is 526 cm³/mol. The minimum absolute atomic E-state index is 0. The summed E-state index contributed by atoms with van der Waals surface area (Å²) in [6.45, 7) is 12.4. The number of carbonyl (C=O) groups excluding carboxylic acids is 2. The molecule has 774 valence electrons. The number of aliphatic carboxylic acids is 1. The van der Waals surface area contributed by atoms with Crippen LogP contribution in [-0.2, 0) is 91.9 Å². The van der Waals surface area contributed by atoms with E-state index in [1.54, 1.807) is 120 Å². The van der Waals surface area contributed by atoms with Gasteiger partial charge in [0.2, 0.25) is 0 Å². The average Bonchev–Trinajstić information content (AvgIpc) is 1.71. The van der Waals surface area contributed by atoms with Crippen LogP contribution >= 0.6 is 45.3 Å². The first kappa shape index (κ1) is 113. The second-order valence-corrected chi connectivity index (χ2v) is 38.2. The number of methoxy groups -OCH3 is 1. The molecule has 0 amide bonds. The van der Waals surface area contributed by atoms with Crippen LogP contribution in [0.15, 0.2) is 259 Å². The largest absolute Gasteiger partial charge is 1.00 e. The Morgan fingerprint density at radius 1 is 0.347 bits per heavy atom. The van der Waals surface area contributed by atoms with E-state index in [4.69, 9.17) is 28.5 Å². The minimum Gasteiger partial charge on any atom is -0.870 e. The van der Waals surface area contributed by atoms with Gasteiger partial charge in [-0.25, -0.2) is 9.59 Å². The molecule has 0 spiro atoms. The minimum atomic E-state index is -4.71. The number of furan rings is 1. The third-order valence-corrected chi connectivity index (χ3v) is 27.8. The van der Waals surface area contributed by atoms with Gasteiger partial charge in [0.25, 0.3) is 0 Å². The summed E-state index contributed by atoms with van der Waals surface area (Å²) in [4.78, 5) is 51.1. The molecule has 4 aliphatic heterocycles. The van der Waals surface area contributed by atoms with Crippen molar-refractivity contribution >= 4 is 63.6 Å². The van der Waals surface area contributed by atoms with Crippen LogP contribution in [0.1, 0.15) is 82.9 Å². The Hall–Kier alpha value is -12.4. The molecule has 3 N–H and O–H groups in total. The Balaban J connectivity index is 0.000000177. The van der Waals surface area contributed by atoms with Gasteiger partial charge in [-0.3, -0.25) is 24.4 Å². The van der Waals surface area contributed by atoms with E-state index in [9.17, 15) is 85.3 Å². The van der Waals surface area contributed by atoms with Gasteiger partial charge in [-0.1, -0.05) is 24.3 Å². The number of aromatic hydroxyl groups is 1. The summed E-state index contributed by atoms with van der Waals surface area (Å²) in [5.74, 6) is 0.427. The number of carbonyl (C=O) groups is 3. The third-order valence-electron chi connectivity index (χ3n) is 23.3. The molecule has 0 fully saturated rings. The molecule has 0 saturated carbocycles. The summed E-state index contributed by atoms with van der Waals surface area (Å²) < 4.78 is 229. The first-order valence-electron chi connectivity index (χ1n) is 45.7. The molecule has 0 bridgehead atoms. The second-order valence-electron chi connectivity index (χ2n) is 33.6. The van der Waals surface area contributed by atoms with E-state index in [1.807, 2.05) is 72.8 Å². The molecule has 147 heavy (non-hydrogen) atoms. The van der Waals surface area contributed by atoms with Gasteiger partial charge >= 0.3 is 73.3 Å². The SMILES string of the molecule is CCOC(=O)COc1ccc2c(c1)CCN(Cc1ccc(-c3ccc(OC(F)(F)F)cc3)s1)CC2.COc1ccc2c(c1)CCN(Cc1ccc(-c3ccc(OC(F)(F)F)cc3)s1)CC2.O=C(O)COc1ccc2c(c1)CCN(Cc1ccc(-c3ccc(OC(F)(F)F)cc3)s1)CC2.O=Cc1ccc(-c2ccc(OC(F)(F)F)cc2)o1.Oc1ccc2c(c1)CCN(Cc1ccc(-c3ccc(OC(F)(F)F)cc3)s1)CC2.[HH].[Na+].[OH-]. The number of fused-ring (bicyclic) bond motifs is 4. The van der Waals surface area contributed by atoms with Crippen LogP contribution in [0, 0.1) is 0 Å². The number of carboxylic acids is 1. The zero-order valence-electron chi connectivity index (χ0n) is 79.3. The number of thiophene rings is 4. The molecule has 40 heteroatoms. The van der Waals surface area contributed by atoms with E-state index < -0.39 is 37.8 Å². The number of nitrogens with zero attached hydrogens (tertiary/aromatic N) is 4. The van der Waals surface area contributed by atoms with Crippen molar-refractivity contribution in [3.63, 3.8) is 0 Å². The van der Waals surface area contributed by atoms with Crippen molar-refractivity contribution in [3.05, 3.63) is 325 Å². The molecule has 0 radical (unpaired) electrons. The molecular weight excluding hydrogens is 2030 g/mol. The number of carboxylic acid groups (broad SMARTS) is 1. The van der Waals surface area contributed by atoms with Crippen LogP contribution in [0.5, 0.6) is 51.7 Å². The molecule has 14 aromatic rings. The Morgan fingerprint density at radius 2 is 0.612 bits per heavy atom. The summed E-state index contributed by atoms with van der Waals surface area (Å²) in [7, 11) is 1.69. The van der Waals surface area contributed by atoms with Crippen molar-refractivity contribution in [2.24, 2.45) is 0 Å². The molecule has 9 heterocycles. The maximum atomic E-state index is 12.4. The molecule has 5 aromatic heterocycles. The second kappa shape index (κ2) is 52.5. The maximum Gasteiger partial charge on any atom is 1.00 e. The summed E-state index contributed by atoms with van der Waals surface area (Å²) >= 11 is 6.57. The predicted octanol–water partition coefficient (Wildman–Crippen LogP) is 23.5. The maximum absolute atomic E-state index is 12.4. The number of phenols is 1. The fourth-order valence-corrected chi connectivity index (χ4v) is 20.7. The van der Waals surface area contributed by atoms with Crippen molar-refractivity contribution in [1.82, 2.24) is 19.6 Å². The van der Waals surface area contributed by atoms with Crippen molar-refractivity contribution in [2.75, 3.05) is 79.3 Å². The quantitative estimate of drug-likeness (QED) is 0.0211. The van der Waals surface area contributed by atoms with Crippen molar-refractivity contribution in [2.45, 2.75) is 116 Å². The van der Waals surface area contributed by atoms with E-state index in [0.29, 0.717) is 41.5 Å². The van der Waals surface area contributed by atoms with E-state index in [2.05, 4.69) is 85.7 Å². The number of rotatable bonds is 27. The van der Waals surface area contributed by atoms with Gasteiger partial charge in [0.05, 0.1) is 13.7 Å². The van der Waals surface area contributed by atoms with Crippen molar-refractivity contribution in [1.29, 1.82) is 0 Å². The number of hydrogen-bond acceptors (Lipinski definition) is 23. The Kier molecular flexibility index (Phi) is 40.5. The zero-order valence-corrected chi connectivity index (χ0v) is 84.6. The number of benzene rings is 9. The molecule has 0 aliphatic carbocycles. The summed E-state index contributed by atoms with van der Waals surface area (Å²) in [5, 5.41) is 18.5. The van der Waals surface area contributed by atoms with Crippen LogP contribution in [0.2, 0.25) is 0 Å². The average molecular weight is 2130 g/mol. The number of ether oxygens (including phenoxy) is 9. The molecule has 20 nitrogen and oxygen atoms in total. The number of aldehydes is 1. The van der Waals surface area contributed by atoms with E-state index in [1.165, 1.54) is 143 Å². The van der Waals surface area contributed by atoms with Gasteiger partial charge in [0.15, 0.2) is 25.3 Å². The van der Waals surface area contributed by atoms with Gasteiger partial charge in [-0.15, -0.1) is 111 Å².